The third kappa shape index (κ3) is 2.39. The van der Waals surface area contributed by atoms with Crippen molar-refractivity contribution in [1.82, 2.24) is 9.47 Å². The predicted octanol–water partition coefficient (Wildman–Crippen LogP) is 2.27. The van der Waals surface area contributed by atoms with Crippen molar-refractivity contribution in [2.24, 2.45) is 0 Å². The van der Waals surface area contributed by atoms with Gasteiger partial charge in [0.2, 0.25) is 0 Å². The second kappa shape index (κ2) is 5.67. The highest BCUT2D eigenvalue weighted by Gasteiger charge is 2.26. The van der Waals surface area contributed by atoms with E-state index in [0.29, 0.717) is 13.1 Å². The standard InChI is InChI=1S/C17H19N3O2/c1-3-13-6-5-9-16(21)20(13)15-8-4-7-14(12-15)19-11-10-18(2)17(19)22/h4-9,12H,3,10-11H2,1-2H3. The molecular formula is C17H19N3O2. The Labute approximate surface area is 129 Å². The number of nitrogens with zero attached hydrogens (tertiary/aromatic N) is 3. The minimum Gasteiger partial charge on any atom is -0.326 e. The van der Waals surface area contributed by atoms with Crippen molar-refractivity contribution in [1.29, 1.82) is 0 Å². The van der Waals surface area contributed by atoms with Crippen LogP contribution in [0, 0.1) is 0 Å². The maximum absolute atomic E-state index is 12.2. The predicted molar refractivity (Wildman–Crippen MR) is 86.8 cm³/mol. The van der Waals surface area contributed by atoms with Gasteiger partial charge in [-0.2, -0.15) is 0 Å². The SMILES string of the molecule is CCc1cccc(=O)n1-c1cccc(N2CCN(C)C2=O)c1. The van der Waals surface area contributed by atoms with Crippen LogP contribution in [0.5, 0.6) is 0 Å². The number of pyridine rings is 1. The van der Waals surface area contributed by atoms with E-state index in [0.717, 1.165) is 23.5 Å². The Morgan fingerprint density at radius 1 is 1.00 bits per heavy atom. The molecule has 0 unspecified atom stereocenters. The Morgan fingerprint density at radius 2 is 1.73 bits per heavy atom. The number of carbonyl (C=O) groups excluding carboxylic acids is 1. The average Bonchev–Trinajstić information content (AvgIpc) is 2.87. The fourth-order valence-corrected chi connectivity index (χ4v) is 2.79. The zero-order valence-corrected chi connectivity index (χ0v) is 12.8. The minimum absolute atomic E-state index is 0.00623. The van der Waals surface area contributed by atoms with Crippen LogP contribution in [0.15, 0.2) is 47.3 Å². The van der Waals surface area contributed by atoms with E-state index < -0.39 is 0 Å². The van der Waals surface area contributed by atoms with Gasteiger partial charge in [-0.15, -0.1) is 0 Å². The van der Waals surface area contributed by atoms with E-state index in [1.54, 1.807) is 33.5 Å². The second-order valence-electron chi connectivity index (χ2n) is 5.42. The van der Waals surface area contributed by atoms with Crippen molar-refractivity contribution < 1.29 is 4.79 Å². The summed E-state index contributed by atoms with van der Waals surface area (Å²) in [5, 5.41) is 0. The molecular weight excluding hydrogens is 278 g/mol. The largest absolute Gasteiger partial charge is 0.326 e. The lowest BCUT2D eigenvalue weighted by atomic mass is 10.2. The van der Waals surface area contributed by atoms with E-state index in [-0.39, 0.29) is 11.6 Å². The van der Waals surface area contributed by atoms with Crippen LogP contribution in [0.4, 0.5) is 10.5 Å². The van der Waals surface area contributed by atoms with Crippen molar-refractivity contribution in [3.8, 4) is 5.69 Å². The highest BCUT2D eigenvalue weighted by molar-refractivity contribution is 5.94. The lowest BCUT2D eigenvalue weighted by Crippen LogP contribution is -2.29. The molecule has 1 aromatic carbocycles. The van der Waals surface area contributed by atoms with Crippen LogP contribution in [0.25, 0.3) is 5.69 Å². The first kappa shape index (κ1) is 14.4. The molecule has 0 N–H and O–H groups in total. The average molecular weight is 297 g/mol. The van der Waals surface area contributed by atoms with Gasteiger partial charge in [-0.25, -0.2) is 4.79 Å². The molecule has 2 aromatic rings. The summed E-state index contributed by atoms with van der Waals surface area (Å²) in [4.78, 5) is 27.8. The summed E-state index contributed by atoms with van der Waals surface area (Å²) in [5.74, 6) is 0. The zero-order chi connectivity index (χ0) is 15.7. The fraction of sp³-hybridized carbons (Fsp3) is 0.294. The molecule has 3 rings (SSSR count). The quantitative estimate of drug-likeness (QED) is 0.872. The van der Waals surface area contributed by atoms with Crippen LogP contribution in [0.1, 0.15) is 12.6 Å². The first-order valence-electron chi connectivity index (χ1n) is 7.46. The van der Waals surface area contributed by atoms with Crippen molar-refractivity contribution in [3.05, 3.63) is 58.5 Å². The highest BCUT2D eigenvalue weighted by atomic mass is 16.2. The summed E-state index contributed by atoms with van der Waals surface area (Å²) in [6.07, 6.45) is 0.770. The summed E-state index contributed by atoms with van der Waals surface area (Å²) in [7, 11) is 1.79. The summed E-state index contributed by atoms with van der Waals surface area (Å²) >= 11 is 0. The lowest BCUT2D eigenvalue weighted by Gasteiger charge is -2.18. The van der Waals surface area contributed by atoms with Gasteiger partial charge in [-0.05, 0) is 30.7 Å². The van der Waals surface area contributed by atoms with E-state index in [1.165, 1.54) is 0 Å². The summed E-state index contributed by atoms with van der Waals surface area (Å²) in [6.45, 7) is 3.41. The van der Waals surface area contributed by atoms with Gasteiger partial charge in [0.15, 0.2) is 0 Å². The molecule has 1 aromatic heterocycles. The molecule has 0 saturated carbocycles. The summed E-state index contributed by atoms with van der Waals surface area (Å²) in [6, 6.07) is 12.9. The molecule has 2 amide bonds. The fourth-order valence-electron chi connectivity index (χ4n) is 2.79. The molecule has 0 bridgehead atoms. The number of urea groups is 1. The molecule has 5 nitrogen and oxygen atoms in total. The van der Waals surface area contributed by atoms with E-state index >= 15 is 0 Å². The topological polar surface area (TPSA) is 45.6 Å². The van der Waals surface area contributed by atoms with Gasteiger partial charge in [-0.3, -0.25) is 14.3 Å². The smallest absolute Gasteiger partial charge is 0.324 e. The summed E-state index contributed by atoms with van der Waals surface area (Å²) in [5.41, 5.74) is 2.52. The van der Waals surface area contributed by atoms with Crippen molar-refractivity contribution in [2.45, 2.75) is 13.3 Å². The van der Waals surface area contributed by atoms with Gasteiger partial charge in [0.25, 0.3) is 5.56 Å². The summed E-state index contributed by atoms with van der Waals surface area (Å²) < 4.78 is 1.70. The Hall–Kier alpha value is -2.56. The number of aryl methyl sites for hydroxylation is 1. The van der Waals surface area contributed by atoms with Crippen molar-refractivity contribution in [3.63, 3.8) is 0 Å². The third-order valence-corrected chi connectivity index (χ3v) is 4.01. The first-order chi connectivity index (χ1) is 10.6. The molecule has 1 saturated heterocycles. The van der Waals surface area contributed by atoms with Crippen LogP contribution < -0.4 is 10.5 Å². The minimum atomic E-state index is -0.0543. The van der Waals surface area contributed by atoms with E-state index in [1.807, 2.05) is 37.3 Å². The zero-order valence-electron chi connectivity index (χ0n) is 12.8. The first-order valence-corrected chi connectivity index (χ1v) is 7.46. The van der Waals surface area contributed by atoms with Gasteiger partial charge in [0, 0.05) is 37.6 Å². The maximum Gasteiger partial charge on any atom is 0.324 e. The number of likely N-dealkylation sites (N-methyl/N-ethyl adjacent to an activating group) is 1. The number of benzene rings is 1. The molecule has 5 heteroatoms. The molecule has 1 fully saturated rings. The van der Waals surface area contributed by atoms with E-state index in [4.69, 9.17) is 0 Å². The van der Waals surface area contributed by atoms with Gasteiger partial charge < -0.3 is 4.90 Å². The number of carbonyl (C=O) groups is 1. The third-order valence-electron chi connectivity index (χ3n) is 4.01. The van der Waals surface area contributed by atoms with E-state index in [2.05, 4.69) is 0 Å². The van der Waals surface area contributed by atoms with Crippen molar-refractivity contribution in [2.75, 3.05) is 25.0 Å². The molecule has 0 spiro atoms. The van der Waals surface area contributed by atoms with Crippen LogP contribution in [0.3, 0.4) is 0 Å². The molecule has 0 atom stereocenters. The number of aromatic nitrogens is 1. The van der Waals surface area contributed by atoms with E-state index in [9.17, 15) is 9.59 Å². The van der Waals surface area contributed by atoms with Crippen LogP contribution in [0.2, 0.25) is 0 Å². The molecule has 0 radical (unpaired) electrons. The van der Waals surface area contributed by atoms with Gasteiger partial charge in [0.1, 0.15) is 0 Å². The normalized spacial score (nSPS) is 14.7. The molecule has 2 heterocycles. The van der Waals surface area contributed by atoms with Crippen LogP contribution in [-0.4, -0.2) is 35.6 Å². The number of hydrogen-bond donors (Lipinski definition) is 0. The highest BCUT2D eigenvalue weighted by Crippen LogP contribution is 2.22. The van der Waals surface area contributed by atoms with Crippen molar-refractivity contribution >= 4 is 11.7 Å². The molecule has 114 valence electrons. The van der Waals surface area contributed by atoms with Gasteiger partial charge >= 0.3 is 6.03 Å². The number of amides is 2. The monoisotopic (exact) mass is 297 g/mol. The Bertz CT molecular complexity index is 766. The maximum atomic E-state index is 12.2. The number of anilines is 1. The Kier molecular flexibility index (Phi) is 3.71. The Morgan fingerprint density at radius 3 is 2.41 bits per heavy atom. The van der Waals surface area contributed by atoms with Crippen LogP contribution >= 0.6 is 0 Å². The lowest BCUT2D eigenvalue weighted by molar-refractivity contribution is 0.229. The van der Waals surface area contributed by atoms with Crippen LogP contribution in [-0.2, 0) is 6.42 Å². The molecule has 1 aliphatic rings. The number of hydrogen-bond acceptors (Lipinski definition) is 2. The molecule has 22 heavy (non-hydrogen) atoms. The molecule has 0 aliphatic carbocycles. The van der Waals surface area contributed by atoms with Gasteiger partial charge in [-0.1, -0.05) is 19.1 Å². The molecule has 1 aliphatic heterocycles. The number of rotatable bonds is 3. The van der Waals surface area contributed by atoms with Gasteiger partial charge in [0.05, 0.1) is 5.69 Å². The second-order valence-corrected chi connectivity index (χ2v) is 5.42. The Balaban J connectivity index is 2.06.